The van der Waals surface area contributed by atoms with Gasteiger partial charge >= 0.3 is 0 Å². The molecule has 4 atom stereocenters. The molecule has 0 amide bonds. The quantitative estimate of drug-likeness (QED) is 0.782. The second-order valence-electron chi connectivity index (χ2n) is 6.94. The van der Waals surface area contributed by atoms with Crippen molar-refractivity contribution in [2.75, 3.05) is 6.61 Å². The van der Waals surface area contributed by atoms with Gasteiger partial charge in [0.25, 0.3) is 0 Å². The van der Waals surface area contributed by atoms with E-state index in [2.05, 4.69) is 0 Å². The van der Waals surface area contributed by atoms with Crippen molar-refractivity contribution in [2.24, 2.45) is 0 Å². The Morgan fingerprint density at radius 1 is 1.06 bits per heavy atom. The standard InChI is InChI=1S/C14H27FO3/c1-9-11(15)12(18-14(5,6)7)10(17-9)8-16-13(2,3)4/h9-12H,8H2,1-7H3/t9-,10+,11+,12?/m0/s1. The van der Waals surface area contributed by atoms with Gasteiger partial charge in [0.1, 0.15) is 12.2 Å². The van der Waals surface area contributed by atoms with Gasteiger partial charge in [-0.2, -0.15) is 0 Å². The van der Waals surface area contributed by atoms with E-state index in [0.717, 1.165) is 0 Å². The minimum atomic E-state index is -1.10. The Hall–Kier alpha value is -0.190. The zero-order valence-corrected chi connectivity index (χ0v) is 12.6. The molecule has 1 unspecified atom stereocenters. The molecule has 0 radical (unpaired) electrons. The fraction of sp³-hybridized carbons (Fsp3) is 1.00. The van der Waals surface area contributed by atoms with Crippen molar-refractivity contribution in [1.29, 1.82) is 0 Å². The summed E-state index contributed by atoms with van der Waals surface area (Å²) in [4.78, 5) is 0. The molecule has 0 bridgehead atoms. The van der Waals surface area contributed by atoms with Gasteiger partial charge in [0, 0.05) is 0 Å². The minimum absolute atomic E-state index is 0.257. The van der Waals surface area contributed by atoms with Gasteiger partial charge in [-0.15, -0.1) is 0 Å². The fourth-order valence-electron chi connectivity index (χ4n) is 1.92. The van der Waals surface area contributed by atoms with E-state index in [1.54, 1.807) is 6.92 Å². The molecule has 0 aromatic rings. The van der Waals surface area contributed by atoms with Crippen LogP contribution in [-0.2, 0) is 14.2 Å². The second kappa shape index (κ2) is 5.43. The number of alkyl halides is 1. The highest BCUT2D eigenvalue weighted by Gasteiger charge is 2.45. The van der Waals surface area contributed by atoms with Gasteiger partial charge in [0.05, 0.1) is 23.9 Å². The van der Waals surface area contributed by atoms with Crippen LogP contribution >= 0.6 is 0 Å². The van der Waals surface area contributed by atoms with Gasteiger partial charge in [-0.1, -0.05) is 0 Å². The third-order valence-corrected chi connectivity index (χ3v) is 2.69. The third-order valence-electron chi connectivity index (χ3n) is 2.69. The van der Waals surface area contributed by atoms with Crippen LogP contribution in [0, 0.1) is 0 Å². The molecular weight excluding hydrogens is 235 g/mol. The molecule has 0 spiro atoms. The highest BCUT2D eigenvalue weighted by Crippen LogP contribution is 2.30. The van der Waals surface area contributed by atoms with Crippen molar-refractivity contribution in [3.05, 3.63) is 0 Å². The van der Waals surface area contributed by atoms with E-state index < -0.39 is 18.4 Å². The summed E-state index contributed by atoms with van der Waals surface area (Å²) in [5, 5.41) is 0. The Labute approximate surface area is 110 Å². The molecule has 1 rings (SSSR count). The largest absolute Gasteiger partial charge is 0.373 e. The molecule has 0 aromatic carbocycles. The first-order valence-electron chi connectivity index (χ1n) is 6.61. The molecule has 1 heterocycles. The molecule has 0 aliphatic carbocycles. The van der Waals surface area contributed by atoms with Gasteiger partial charge in [-0.25, -0.2) is 4.39 Å². The summed E-state index contributed by atoms with van der Waals surface area (Å²) in [5.74, 6) is 0. The summed E-state index contributed by atoms with van der Waals surface area (Å²) >= 11 is 0. The zero-order valence-electron chi connectivity index (χ0n) is 12.6. The van der Waals surface area contributed by atoms with Crippen molar-refractivity contribution in [3.8, 4) is 0 Å². The summed E-state index contributed by atoms with van der Waals surface area (Å²) < 4.78 is 31.1. The van der Waals surface area contributed by atoms with Crippen molar-refractivity contribution in [3.63, 3.8) is 0 Å². The van der Waals surface area contributed by atoms with Gasteiger partial charge in [0.2, 0.25) is 0 Å². The van der Waals surface area contributed by atoms with Crippen LogP contribution in [0.4, 0.5) is 4.39 Å². The Morgan fingerprint density at radius 2 is 1.61 bits per heavy atom. The predicted molar refractivity (Wildman–Crippen MR) is 69.6 cm³/mol. The van der Waals surface area contributed by atoms with Crippen LogP contribution in [0.5, 0.6) is 0 Å². The van der Waals surface area contributed by atoms with E-state index >= 15 is 0 Å². The van der Waals surface area contributed by atoms with Crippen molar-refractivity contribution < 1.29 is 18.6 Å². The minimum Gasteiger partial charge on any atom is -0.373 e. The molecule has 0 N–H and O–H groups in total. The fourth-order valence-corrected chi connectivity index (χ4v) is 1.92. The molecule has 1 fully saturated rings. The van der Waals surface area contributed by atoms with Gasteiger partial charge in [0.15, 0.2) is 6.17 Å². The lowest BCUT2D eigenvalue weighted by atomic mass is 10.1. The highest BCUT2D eigenvalue weighted by molar-refractivity contribution is 4.92. The average molecular weight is 262 g/mol. The molecule has 1 saturated heterocycles. The van der Waals surface area contributed by atoms with Crippen molar-refractivity contribution >= 4 is 0 Å². The molecular formula is C14H27FO3. The van der Waals surface area contributed by atoms with Crippen LogP contribution in [-0.4, -0.2) is 42.3 Å². The van der Waals surface area contributed by atoms with E-state index in [1.807, 2.05) is 41.5 Å². The smallest absolute Gasteiger partial charge is 0.155 e. The monoisotopic (exact) mass is 262 g/mol. The topological polar surface area (TPSA) is 27.7 Å². The Morgan fingerprint density at radius 3 is 2.06 bits per heavy atom. The lowest BCUT2D eigenvalue weighted by molar-refractivity contribution is -0.132. The van der Waals surface area contributed by atoms with Crippen LogP contribution in [0.1, 0.15) is 48.5 Å². The molecule has 4 heteroatoms. The highest BCUT2D eigenvalue weighted by atomic mass is 19.1. The number of ether oxygens (including phenoxy) is 3. The summed E-state index contributed by atoms with van der Waals surface area (Å²) in [6.07, 6.45) is -2.43. The van der Waals surface area contributed by atoms with E-state index in [4.69, 9.17) is 14.2 Å². The first kappa shape index (κ1) is 15.9. The normalized spacial score (nSPS) is 34.0. The lowest BCUT2D eigenvalue weighted by Crippen LogP contribution is -2.41. The molecule has 3 nitrogen and oxygen atoms in total. The van der Waals surface area contributed by atoms with Gasteiger partial charge in [-0.05, 0) is 48.5 Å². The Kier molecular flexibility index (Phi) is 4.79. The Bertz CT molecular complexity index is 267. The first-order valence-corrected chi connectivity index (χ1v) is 6.61. The number of hydrogen-bond donors (Lipinski definition) is 0. The van der Waals surface area contributed by atoms with Crippen LogP contribution in [0.15, 0.2) is 0 Å². The SMILES string of the molecule is C[C@@H]1O[C@H](COC(C)(C)C)C(OC(C)(C)C)[C@@H]1F. The molecule has 0 aromatic heterocycles. The van der Waals surface area contributed by atoms with Crippen LogP contribution in [0.2, 0.25) is 0 Å². The zero-order chi connectivity index (χ0) is 14.1. The van der Waals surface area contributed by atoms with Gasteiger partial charge in [-0.3, -0.25) is 0 Å². The molecule has 1 aliphatic rings. The summed E-state index contributed by atoms with van der Waals surface area (Å²) in [5.41, 5.74) is -0.643. The number of hydrogen-bond acceptors (Lipinski definition) is 3. The molecule has 18 heavy (non-hydrogen) atoms. The van der Waals surface area contributed by atoms with E-state index in [1.165, 1.54) is 0 Å². The van der Waals surface area contributed by atoms with Crippen LogP contribution in [0.3, 0.4) is 0 Å². The van der Waals surface area contributed by atoms with E-state index in [-0.39, 0.29) is 17.3 Å². The van der Waals surface area contributed by atoms with Gasteiger partial charge < -0.3 is 14.2 Å². The Balaban J connectivity index is 2.64. The average Bonchev–Trinajstić information content (AvgIpc) is 2.39. The third kappa shape index (κ3) is 4.82. The number of halogens is 1. The molecule has 1 aliphatic heterocycles. The second-order valence-corrected chi connectivity index (χ2v) is 6.94. The van der Waals surface area contributed by atoms with Crippen molar-refractivity contribution in [1.82, 2.24) is 0 Å². The molecule has 0 saturated carbocycles. The number of rotatable bonds is 3. The summed E-state index contributed by atoms with van der Waals surface area (Å²) in [7, 11) is 0. The molecule has 108 valence electrons. The predicted octanol–water partition coefficient (Wildman–Crippen LogP) is 3.11. The van der Waals surface area contributed by atoms with Crippen molar-refractivity contribution in [2.45, 2.75) is 84.2 Å². The summed E-state index contributed by atoms with van der Waals surface area (Å²) in [6.45, 7) is 13.8. The van der Waals surface area contributed by atoms with Crippen LogP contribution < -0.4 is 0 Å². The first-order chi connectivity index (χ1) is 7.99. The maximum atomic E-state index is 14.1. The van der Waals surface area contributed by atoms with E-state index in [0.29, 0.717) is 6.61 Å². The summed E-state index contributed by atoms with van der Waals surface area (Å²) in [6, 6.07) is 0. The van der Waals surface area contributed by atoms with Crippen LogP contribution in [0.25, 0.3) is 0 Å². The maximum Gasteiger partial charge on any atom is 0.155 e. The van der Waals surface area contributed by atoms with E-state index in [9.17, 15) is 4.39 Å². The maximum absolute atomic E-state index is 14.1. The lowest BCUT2D eigenvalue weighted by Gasteiger charge is -2.30.